The number of ether oxygens (including phenoxy) is 1. The molecule has 126 valence electrons. The fraction of sp³-hybridized carbons (Fsp3) is 0.692. The molecule has 0 amide bonds. The molecule has 0 aliphatic heterocycles. The van der Waals surface area contributed by atoms with Crippen molar-refractivity contribution in [1.82, 2.24) is 9.55 Å². The minimum atomic E-state index is -3.30. The maximum Gasteiger partial charge on any atom is 0.356 e. The van der Waals surface area contributed by atoms with Crippen molar-refractivity contribution in [3.8, 4) is 0 Å². The average molecular weight is 333 g/mol. The molecule has 0 saturated heterocycles. The van der Waals surface area contributed by atoms with Gasteiger partial charge in [0.15, 0.2) is 0 Å². The molecule has 1 aromatic rings. The van der Waals surface area contributed by atoms with Gasteiger partial charge in [0.1, 0.15) is 6.35 Å². The Kier molecular flexibility index (Phi) is 7.22. The number of aromatic nitrogens is 2. The highest BCUT2D eigenvalue weighted by atomic mass is 31.2. The number of hydrogen-bond donors (Lipinski definition) is 1. The summed E-state index contributed by atoms with van der Waals surface area (Å²) in [4.78, 5) is 14.6. The Bertz CT molecular complexity index is 559. The molecule has 2 N–H and O–H groups in total. The van der Waals surface area contributed by atoms with E-state index in [1.165, 1.54) is 12.3 Å². The Morgan fingerprint density at radius 1 is 1.27 bits per heavy atom. The smallest absolute Gasteiger partial charge is 0.356 e. The standard InChI is InChI=1S/C13H24N3O5P/c1-10(2)20-22(18,21-11(3)4)9-19-8-7-16-6-5-12(17)15-13(16)14/h5-6,10-11H,7-9H2,1-4H3,(H2,14,15,17). The van der Waals surface area contributed by atoms with Crippen LogP contribution < -0.4 is 11.3 Å². The van der Waals surface area contributed by atoms with Crippen LogP contribution in [-0.4, -0.2) is 34.7 Å². The van der Waals surface area contributed by atoms with Crippen LogP contribution in [0.4, 0.5) is 5.95 Å². The van der Waals surface area contributed by atoms with Gasteiger partial charge >= 0.3 is 7.60 Å². The zero-order valence-electron chi connectivity index (χ0n) is 13.4. The predicted octanol–water partition coefficient (Wildman–Crippen LogP) is 1.84. The summed E-state index contributed by atoms with van der Waals surface area (Å²) in [6.07, 6.45) is 0.929. The van der Waals surface area contributed by atoms with Gasteiger partial charge < -0.3 is 24.1 Å². The van der Waals surface area contributed by atoms with Crippen molar-refractivity contribution >= 4 is 13.5 Å². The fourth-order valence-corrected chi connectivity index (χ4v) is 3.51. The minimum absolute atomic E-state index is 0.108. The Balaban J connectivity index is 2.52. The molecule has 9 heteroatoms. The van der Waals surface area contributed by atoms with E-state index in [4.69, 9.17) is 19.5 Å². The topological polar surface area (TPSA) is 106 Å². The van der Waals surface area contributed by atoms with E-state index in [1.54, 1.807) is 32.3 Å². The largest absolute Gasteiger partial charge is 0.369 e. The lowest BCUT2D eigenvalue weighted by Crippen LogP contribution is -2.18. The van der Waals surface area contributed by atoms with Crippen molar-refractivity contribution in [2.24, 2.45) is 0 Å². The molecule has 1 heterocycles. The Hall–Kier alpha value is -1.21. The van der Waals surface area contributed by atoms with Crippen LogP contribution in [0.1, 0.15) is 27.7 Å². The van der Waals surface area contributed by atoms with E-state index in [-0.39, 0.29) is 31.1 Å². The first-order valence-corrected chi connectivity index (χ1v) is 8.81. The van der Waals surface area contributed by atoms with E-state index in [1.807, 2.05) is 0 Å². The van der Waals surface area contributed by atoms with Crippen molar-refractivity contribution in [2.75, 3.05) is 18.7 Å². The van der Waals surface area contributed by atoms with E-state index in [9.17, 15) is 9.36 Å². The third-order valence-electron chi connectivity index (χ3n) is 2.38. The second-order valence-electron chi connectivity index (χ2n) is 5.27. The summed E-state index contributed by atoms with van der Waals surface area (Å²) in [5.41, 5.74) is 5.22. The van der Waals surface area contributed by atoms with Gasteiger partial charge in [0, 0.05) is 18.8 Å². The number of hydrogen-bond acceptors (Lipinski definition) is 7. The molecule has 0 bridgehead atoms. The highest BCUT2D eigenvalue weighted by Gasteiger charge is 2.28. The lowest BCUT2D eigenvalue weighted by Gasteiger charge is -2.22. The normalized spacial score (nSPS) is 12.3. The number of anilines is 1. The third kappa shape index (κ3) is 6.70. The summed E-state index contributed by atoms with van der Waals surface area (Å²) in [5, 5.41) is 0. The van der Waals surface area contributed by atoms with Crippen molar-refractivity contribution in [1.29, 1.82) is 0 Å². The molecular formula is C13H24N3O5P. The summed E-state index contributed by atoms with van der Waals surface area (Å²) < 4.78 is 30.2. The van der Waals surface area contributed by atoms with Gasteiger partial charge in [0.05, 0.1) is 18.8 Å². The molecular weight excluding hydrogens is 309 g/mol. The van der Waals surface area contributed by atoms with Crippen LogP contribution in [0.2, 0.25) is 0 Å². The molecule has 22 heavy (non-hydrogen) atoms. The quantitative estimate of drug-likeness (QED) is 0.543. The summed E-state index contributed by atoms with van der Waals surface area (Å²) in [5.74, 6) is 0.108. The second kappa shape index (κ2) is 8.43. The lowest BCUT2D eigenvalue weighted by atomic mass is 10.5. The lowest BCUT2D eigenvalue weighted by molar-refractivity contribution is 0.0959. The van der Waals surface area contributed by atoms with Gasteiger partial charge in [-0.1, -0.05) is 0 Å². The van der Waals surface area contributed by atoms with E-state index < -0.39 is 13.2 Å². The van der Waals surface area contributed by atoms with Crippen molar-refractivity contribution in [3.05, 3.63) is 22.6 Å². The molecule has 0 radical (unpaired) electrons. The minimum Gasteiger partial charge on any atom is -0.369 e. The monoisotopic (exact) mass is 333 g/mol. The van der Waals surface area contributed by atoms with E-state index in [2.05, 4.69) is 4.98 Å². The zero-order valence-corrected chi connectivity index (χ0v) is 14.3. The van der Waals surface area contributed by atoms with Crippen LogP contribution in [-0.2, 0) is 24.9 Å². The summed E-state index contributed by atoms with van der Waals surface area (Å²) in [7, 11) is -3.30. The van der Waals surface area contributed by atoms with Crippen molar-refractivity contribution < 1.29 is 18.3 Å². The van der Waals surface area contributed by atoms with Gasteiger partial charge in [0.25, 0.3) is 5.56 Å². The molecule has 1 aromatic heterocycles. The van der Waals surface area contributed by atoms with Gasteiger partial charge in [-0.3, -0.25) is 9.36 Å². The molecule has 1 rings (SSSR count). The van der Waals surface area contributed by atoms with Crippen LogP contribution >= 0.6 is 7.60 Å². The molecule has 0 saturated carbocycles. The summed E-state index contributed by atoms with van der Waals surface area (Å²) in [6.45, 7) is 7.74. The number of nitrogens with zero attached hydrogens (tertiary/aromatic N) is 2. The molecule has 0 aliphatic carbocycles. The molecule has 0 aromatic carbocycles. The summed E-state index contributed by atoms with van der Waals surface area (Å²) in [6, 6.07) is 1.31. The van der Waals surface area contributed by atoms with E-state index >= 15 is 0 Å². The maximum absolute atomic E-state index is 12.5. The van der Waals surface area contributed by atoms with Gasteiger partial charge in [-0.15, -0.1) is 0 Å². The van der Waals surface area contributed by atoms with Crippen LogP contribution in [0.5, 0.6) is 0 Å². The number of nitrogens with two attached hydrogens (primary N) is 1. The first-order valence-electron chi connectivity index (χ1n) is 7.08. The maximum atomic E-state index is 12.5. The molecule has 0 spiro atoms. The Morgan fingerprint density at radius 3 is 2.36 bits per heavy atom. The molecule has 0 fully saturated rings. The highest BCUT2D eigenvalue weighted by Crippen LogP contribution is 2.50. The molecule has 8 nitrogen and oxygen atoms in total. The first kappa shape index (κ1) is 18.8. The number of nitrogen functional groups attached to an aromatic ring is 1. The SMILES string of the molecule is CC(C)OP(=O)(COCCn1ccc(=O)nc1N)OC(C)C. The van der Waals surface area contributed by atoms with Crippen LogP contribution in [0.25, 0.3) is 0 Å². The molecule has 0 unspecified atom stereocenters. The summed E-state index contributed by atoms with van der Waals surface area (Å²) >= 11 is 0. The van der Waals surface area contributed by atoms with Gasteiger partial charge in [-0.05, 0) is 27.7 Å². The fourth-order valence-electron chi connectivity index (χ4n) is 1.70. The molecule has 0 aliphatic rings. The van der Waals surface area contributed by atoms with E-state index in [0.717, 1.165) is 0 Å². The second-order valence-corrected chi connectivity index (χ2v) is 7.18. The Labute approximate surface area is 130 Å². The van der Waals surface area contributed by atoms with Crippen molar-refractivity contribution in [3.63, 3.8) is 0 Å². The molecule has 0 atom stereocenters. The van der Waals surface area contributed by atoms with Crippen LogP contribution in [0, 0.1) is 0 Å². The first-order chi connectivity index (χ1) is 10.2. The van der Waals surface area contributed by atoms with Gasteiger partial charge in [0.2, 0.25) is 5.95 Å². The Morgan fingerprint density at radius 2 is 1.86 bits per heavy atom. The predicted molar refractivity (Wildman–Crippen MR) is 83.8 cm³/mol. The van der Waals surface area contributed by atoms with Gasteiger partial charge in [-0.2, -0.15) is 4.98 Å². The van der Waals surface area contributed by atoms with Crippen LogP contribution in [0.15, 0.2) is 17.1 Å². The highest BCUT2D eigenvalue weighted by molar-refractivity contribution is 7.53. The average Bonchev–Trinajstić information content (AvgIpc) is 2.34. The zero-order chi connectivity index (χ0) is 16.8. The van der Waals surface area contributed by atoms with E-state index in [0.29, 0.717) is 6.54 Å². The third-order valence-corrected chi connectivity index (χ3v) is 4.37. The van der Waals surface area contributed by atoms with Crippen LogP contribution in [0.3, 0.4) is 0 Å². The van der Waals surface area contributed by atoms with Crippen molar-refractivity contribution in [2.45, 2.75) is 46.4 Å². The number of rotatable bonds is 9. The van der Waals surface area contributed by atoms with Gasteiger partial charge in [-0.25, -0.2) is 0 Å².